The van der Waals surface area contributed by atoms with Gasteiger partial charge in [-0.1, -0.05) is 0 Å². The molecule has 0 atom stereocenters. The second kappa shape index (κ2) is 3.03. The fourth-order valence-corrected chi connectivity index (χ4v) is 0.918. The molecule has 1 aliphatic carbocycles. The summed E-state index contributed by atoms with van der Waals surface area (Å²) in [5, 5.41) is 11.2. The molecule has 1 fully saturated rings. The largest absolute Gasteiger partial charge is 0.382 e. The van der Waals surface area contributed by atoms with Crippen LogP contribution in [0.1, 0.15) is 23.8 Å². The SMILES string of the molecule is [2H]C1([2H])C(Nc2nc(N)c(C#N)c(N)n2)C1([2H])[2H]. The Morgan fingerprint density at radius 1 is 1.43 bits per heavy atom. The van der Waals surface area contributed by atoms with E-state index in [1.165, 1.54) is 0 Å². The minimum atomic E-state index is -2.01. The molecule has 1 aromatic rings. The maximum absolute atomic E-state index is 8.72. The molecule has 0 aliphatic heterocycles. The molecule has 0 bridgehead atoms. The second-order valence-corrected chi connectivity index (χ2v) is 2.67. The number of nitriles is 1. The first-order chi connectivity index (χ1) is 8.21. The lowest BCUT2D eigenvalue weighted by molar-refractivity contribution is 1.06. The van der Waals surface area contributed by atoms with E-state index in [0.717, 1.165) is 0 Å². The highest BCUT2D eigenvalue weighted by molar-refractivity contribution is 5.62. The van der Waals surface area contributed by atoms with E-state index in [1.807, 2.05) is 0 Å². The summed E-state index contributed by atoms with van der Waals surface area (Å²) in [5.41, 5.74) is 10.9. The van der Waals surface area contributed by atoms with Crippen LogP contribution in [-0.2, 0) is 0 Å². The average Bonchev–Trinajstić information content (AvgIpc) is 2.60. The summed E-state index contributed by atoms with van der Waals surface area (Å²) in [6, 6.07) is 0.669. The van der Waals surface area contributed by atoms with E-state index in [1.54, 1.807) is 6.07 Å². The molecule has 6 nitrogen and oxygen atoms in total. The Morgan fingerprint density at radius 3 is 2.43 bits per heavy atom. The molecule has 72 valence electrons. The van der Waals surface area contributed by atoms with Crippen LogP contribution in [-0.4, -0.2) is 16.0 Å². The van der Waals surface area contributed by atoms with Gasteiger partial charge in [-0.3, -0.25) is 0 Å². The summed E-state index contributed by atoms with van der Waals surface area (Å²) in [4.78, 5) is 7.47. The van der Waals surface area contributed by atoms with Gasteiger partial charge in [0, 0.05) is 11.5 Å². The Balaban J connectivity index is 2.26. The van der Waals surface area contributed by atoms with Gasteiger partial charge in [0.1, 0.15) is 23.3 Å². The minimum absolute atomic E-state index is 0.0534. The predicted molar refractivity (Wildman–Crippen MR) is 52.2 cm³/mol. The van der Waals surface area contributed by atoms with Gasteiger partial charge in [0.2, 0.25) is 5.95 Å². The number of aromatic nitrogens is 2. The second-order valence-electron chi connectivity index (χ2n) is 2.67. The van der Waals surface area contributed by atoms with Crippen LogP contribution in [0.2, 0.25) is 0 Å². The van der Waals surface area contributed by atoms with Crippen molar-refractivity contribution in [3.05, 3.63) is 5.56 Å². The fourth-order valence-electron chi connectivity index (χ4n) is 0.918. The molecule has 0 radical (unpaired) electrons. The zero-order valence-corrected chi connectivity index (χ0v) is 7.07. The highest BCUT2D eigenvalue weighted by Gasteiger charge is 2.22. The van der Waals surface area contributed by atoms with Gasteiger partial charge in [-0.25, -0.2) is 0 Å². The van der Waals surface area contributed by atoms with Gasteiger partial charge in [-0.15, -0.1) is 0 Å². The number of hydrogen-bond acceptors (Lipinski definition) is 6. The summed E-state index contributed by atoms with van der Waals surface area (Å²) < 4.78 is 29.6. The van der Waals surface area contributed by atoms with E-state index < -0.39 is 18.8 Å². The van der Waals surface area contributed by atoms with E-state index in [9.17, 15) is 0 Å². The number of nitrogen functional groups attached to an aromatic ring is 2. The van der Waals surface area contributed by atoms with Crippen molar-refractivity contribution in [1.29, 1.82) is 5.26 Å². The third kappa shape index (κ3) is 1.52. The minimum Gasteiger partial charge on any atom is -0.382 e. The van der Waals surface area contributed by atoms with Crippen LogP contribution in [0, 0.1) is 11.3 Å². The smallest absolute Gasteiger partial charge is 0.226 e. The maximum Gasteiger partial charge on any atom is 0.226 e. The Morgan fingerprint density at radius 2 is 2.00 bits per heavy atom. The Kier molecular flexibility index (Phi) is 1.08. The summed E-state index contributed by atoms with van der Waals surface area (Å²) in [6.07, 6.45) is -4.01. The molecular formula is C8H10N6. The standard InChI is InChI=1S/C8H10N6/c9-3-5-6(10)13-8(14-7(5)11)12-4-1-2-4/h4H,1-2H2,(H5,10,11,12,13,14)/i1D2,2D2. The molecule has 1 saturated carbocycles. The molecule has 1 aromatic heterocycles. The first kappa shape index (κ1) is 5.00. The lowest BCUT2D eigenvalue weighted by Crippen LogP contribution is -2.10. The maximum atomic E-state index is 8.72. The third-order valence-corrected chi connectivity index (χ3v) is 1.64. The van der Waals surface area contributed by atoms with Gasteiger partial charge in [0.15, 0.2) is 0 Å². The van der Waals surface area contributed by atoms with Crippen LogP contribution >= 0.6 is 0 Å². The summed E-state index contributed by atoms with van der Waals surface area (Å²) in [6.45, 7) is 0. The van der Waals surface area contributed by atoms with Crippen LogP contribution < -0.4 is 16.8 Å². The van der Waals surface area contributed by atoms with Crippen LogP contribution in [0.5, 0.6) is 0 Å². The Labute approximate surface area is 86.6 Å². The van der Waals surface area contributed by atoms with Crippen LogP contribution in [0.4, 0.5) is 17.6 Å². The predicted octanol–water partition coefficient (Wildman–Crippen LogP) is 0.0870. The first-order valence-electron chi connectivity index (χ1n) is 5.81. The number of rotatable bonds is 2. The van der Waals surface area contributed by atoms with E-state index in [0.29, 0.717) is 0 Å². The number of hydrogen-bond donors (Lipinski definition) is 3. The number of nitrogens with two attached hydrogens (primary N) is 2. The van der Waals surface area contributed by atoms with Crippen molar-refractivity contribution in [3.63, 3.8) is 0 Å². The van der Waals surface area contributed by atoms with Crippen LogP contribution in [0.15, 0.2) is 0 Å². The topological polar surface area (TPSA) is 114 Å². The molecule has 0 aromatic carbocycles. The quantitative estimate of drug-likeness (QED) is 0.614. The average molecular weight is 194 g/mol. The molecule has 0 unspecified atom stereocenters. The molecular weight excluding hydrogens is 180 g/mol. The van der Waals surface area contributed by atoms with Gasteiger partial charge in [-0.2, -0.15) is 15.2 Å². The van der Waals surface area contributed by atoms with E-state index >= 15 is 0 Å². The molecule has 1 heterocycles. The molecule has 0 spiro atoms. The summed E-state index contributed by atoms with van der Waals surface area (Å²) in [7, 11) is 0. The lowest BCUT2D eigenvalue weighted by Gasteiger charge is -2.05. The fraction of sp³-hybridized carbons (Fsp3) is 0.375. The molecule has 6 heteroatoms. The van der Waals surface area contributed by atoms with Gasteiger partial charge in [0.25, 0.3) is 0 Å². The molecule has 2 rings (SSSR count). The van der Waals surface area contributed by atoms with Gasteiger partial charge >= 0.3 is 0 Å². The summed E-state index contributed by atoms with van der Waals surface area (Å²) >= 11 is 0. The van der Waals surface area contributed by atoms with Gasteiger partial charge < -0.3 is 16.8 Å². The zero-order chi connectivity index (χ0) is 13.7. The Bertz CT molecular complexity index is 514. The summed E-state index contributed by atoms with van der Waals surface area (Å²) in [5.74, 6) is -0.359. The van der Waals surface area contributed by atoms with Crippen molar-refractivity contribution >= 4 is 17.6 Å². The van der Waals surface area contributed by atoms with Gasteiger partial charge in [0.05, 0.1) is 0 Å². The van der Waals surface area contributed by atoms with Crippen LogP contribution in [0.25, 0.3) is 0 Å². The van der Waals surface area contributed by atoms with Crippen LogP contribution in [0.3, 0.4) is 0 Å². The number of anilines is 3. The highest BCUT2D eigenvalue weighted by Crippen LogP contribution is 2.24. The number of nitrogens with zero attached hydrogens (tertiary/aromatic N) is 3. The van der Waals surface area contributed by atoms with Crippen molar-refractivity contribution in [2.24, 2.45) is 0 Å². The van der Waals surface area contributed by atoms with E-state index in [4.69, 9.17) is 22.2 Å². The molecule has 5 N–H and O–H groups in total. The monoisotopic (exact) mass is 194 g/mol. The van der Waals surface area contributed by atoms with Crippen molar-refractivity contribution in [3.8, 4) is 6.07 Å². The molecule has 14 heavy (non-hydrogen) atoms. The molecule has 1 aliphatic rings. The first-order valence-corrected chi connectivity index (χ1v) is 3.81. The normalized spacial score (nSPS) is 26.2. The van der Waals surface area contributed by atoms with Crippen molar-refractivity contribution in [2.45, 2.75) is 18.8 Å². The molecule has 0 saturated heterocycles. The Hall–Kier alpha value is -2.03. The van der Waals surface area contributed by atoms with E-state index in [2.05, 4.69) is 15.3 Å². The van der Waals surface area contributed by atoms with Gasteiger partial charge in [-0.05, 0) is 12.7 Å². The van der Waals surface area contributed by atoms with Crippen molar-refractivity contribution < 1.29 is 5.48 Å². The number of nitrogens with one attached hydrogen (secondary N) is 1. The zero-order valence-electron chi connectivity index (χ0n) is 11.1. The third-order valence-electron chi connectivity index (χ3n) is 1.64. The highest BCUT2D eigenvalue weighted by atomic mass is 15.2. The molecule has 0 amide bonds. The lowest BCUT2D eigenvalue weighted by atomic mass is 10.3. The van der Waals surface area contributed by atoms with Crippen molar-refractivity contribution in [2.75, 3.05) is 16.8 Å². The van der Waals surface area contributed by atoms with E-state index in [-0.39, 0.29) is 23.1 Å². The van der Waals surface area contributed by atoms with Crippen molar-refractivity contribution in [1.82, 2.24) is 9.97 Å².